The molecule has 1 aliphatic heterocycles. The maximum Gasteiger partial charge on any atom is 0.211 e. The van der Waals surface area contributed by atoms with Gasteiger partial charge in [0.05, 0.1) is 0 Å². The Morgan fingerprint density at radius 2 is 2.32 bits per heavy atom. The molecule has 2 aromatic rings. The van der Waals surface area contributed by atoms with E-state index in [0.717, 1.165) is 47.2 Å². The lowest BCUT2D eigenvalue weighted by Gasteiger charge is -2.23. The van der Waals surface area contributed by atoms with Gasteiger partial charge in [-0.15, -0.1) is 17.9 Å². The van der Waals surface area contributed by atoms with Crippen molar-refractivity contribution in [1.29, 1.82) is 0 Å². The molecule has 3 rings (SSSR count). The summed E-state index contributed by atoms with van der Waals surface area (Å²) in [5, 5.41) is 0.945. The summed E-state index contributed by atoms with van der Waals surface area (Å²) < 4.78 is 2.14. The molecule has 0 atom stereocenters. The molecule has 6 heteroatoms. The lowest BCUT2D eigenvalue weighted by molar-refractivity contribution is 0.316. The second kappa shape index (κ2) is 6.56. The third kappa shape index (κ3) is 2.75. The van der Waals surface area contributed by atoms with Crippen LogP contribution >= 0.6 is 23.1 Å². The van der Waals surface area contributed by atoms with Crippen molar-refractivity contribution in [3.8, 4) is 0 Å². The molecule has 0 saturated carbocycles. The van der Waals surface area contributed by atoms with E-state index in [0.29, 0.717) is 12.1 Å². The predicted molar refractivity (Wildman–Crippen MR) is 95.1 cm³/mol. The van der Waals surface area contributed by atoms with Crippen LogP contribution in [-0.4, -0.2) is 33.8 Å². The average Bonchev–Trinajstić information content (AvgIpc) is 2.84. The summed E-state index contributed by atoms with van der Waals surface area (Å²) in [6.07, 6.45) is 3.81. The zero-order chi connectivity index (χ0) is 15.7. The highest BCUT2D eigenvalue weighted by atomic mass is 32.2. The molecule has 0 amide bonds. The molecule has 4 nitrogen and oxygen atoms in total. The van der Waals surface area contributed by atoms with Crippen LogP contribution in [0.25, 0.3) is 10.3 Å². The summed E-state index contributed by atoms with van der Waals surface area (Å²) in [5.41, 5.74) is 1.76. The number of hydrogen-bond acceptors (Lipinski definition) is 5. The standard InChI is InChI=1S/C16H21N3OS2/c1-4-7-19-15-13(17-16(19)21-9-5-2)14(20)11-6-8-18(3)10-12(11)22-15/h4H,1,5-10H2,2-3H3. The second-order valence-electron chi connectivity index (χ2n) is 5.62. The second-order valence-corrected chi connectivity index (χ2v) is 7.76. The fourth-order valence-electron chi connectivity index (χ4n) is 2.72. The van der Waals surface area contributed by atoms with Gasteiger partial charge in [-0.3, -0.25) is 4.79 Å². The van der Waals surface area contributed by atoms with Crippen molar-refractivity contribution in [2.24, 2.45) is 0 Å². The lowest BCUT2D eigenvalue weighted by Crippen LogP contribution is -2.30. The van der Waals surface area contributed by atoms with Gasteiger partial charge in [-0.1, -0.05) is 24.8 Å². The van der Waals surface area contributed by atoms with Crippen LogP contribution < -0.4 is 5.43 Å². The van der Waals surface area contributed by atoms with Gasteiger partial charge in [0.2, 0.25) is 5.43 Å². The molecule has 3 heterocycles. The Morgan fingerprint density at radius 1 is 1.50 bits per heavy atom. The van der Waals surface area contributed by atoms with Crippen LogP contribution in [0.4, 0.5) is 0 Å². The summed E-state index contributed by atoms with van der Waals surface area (Å²) >= 11 is 3.45. The van der Waals surface area contributed by atoms with Gasteiger partial charge < -0.3 is 9.47 Å². The Labute approximate surface area is 138 Å². The van der Waals surface area contributed by atoms with Crippen LogP contribution in [0.3, 0.4) is 0 Å². The van der Waals surface area contributed by atoms with E-state index in [1.807, 2.05) is 6.08 Å². The minimum atomic E-state index is 0.137. The van der Waals surface area contributed by atoms with E-state index in [2.05, 4.69) is 35.0 Å². The van der Waals surface area contributed by atoms with Gasteiger partial charge in [-0.05, 0) is 19.9 Å². The first-order valence-corrected chi connectivity index (χ1v) is 9.43. The largest absolute Gasteiger partial charge is 0.307 e. The topological polar surface area (TPSA) is 38.1 Å². The van der Waals surface area contributed by atoms with E-state index >= 15 is 0 Å². The highest BCUT2D eigenvalue weighted by Gasteiger charge is 2.22. The molecule has 1 aliphatic rings. The van der Waals surface area contributed by atoms with Crippen molar-refractivity contribution in [3.63, 3.8) is 0 Å². The molecule has 0 unspecified atom stereocenters. The summed E-state index contributed by atoms with van der Waals surface area (Å²) in [7, 11) is 2.11. The van der Waals surface area contributed by atoms with Crippen molar-refractivity contribution in [1.82, 2.24) is 14.5 Å². The van der Waals surface area contributed by atoms with Gasteiger partial charge in [0.1, 0.15) is 10.3 Å². The first-order chi connectivity index (χ1) is 10.7. The molecule has 0 aliphatic carbocycles. The van der Waals surface area contributed by atoms with Crippen LogP contribution in [-0.2, 0) is 19.5 Å². The first-order valence-electron chi connectivity index (χ1n) is 7.63. The van der Waals surface area contributed by atoms with Crippen molar-refractivity contribution in [2.75, 3.05) is 19.3 Å². The van der Waals surface area contributed by atoms with E-state index in [1.54, 1.807) is 23.1 Å². The SMILES string of the molecule is C=CCn1c(SCCC)nc2c(=O)c3c(sc21)CN(C)CC3. The van der Waals surface area contributed by atoms with Crippen molar-refractivity contribution in [2.45, 2.75) is 38.0 Å². The molecule has 0 fully saturated rings. The highest BCUT2D eigenvalue weighted by molar-refractivity contribution is 7.99. The molecular formula is C16H21N3OS2. The maximum absolute atomic E-state index is 12.8. The maximum atomic E-state index is 12.8. The van der Waals surface area contributed by atoms with E-state index in [9.17, 15) is 4.79 Å². The minimum Gasteiger partial charge on any atom is -0.307 e. The molecule has 118 valence electrons. The van der Waals surface area contributed by atoms with Crippen LogP contribution in [0, 0.1) is 0 Å². The fourth-order valence-corrected chi connectivity index (χ4v) is 4.98. The summed E-state index contributed by atoms with van der Waals surface area (Å²) in [6, 6.07) is 0. The quantitative estimate of drug-likeness (QED) is 0.621. The molecule has 0 radical (unpaired) electrons. The van der Waals surface area contributed by atoms with Gasteiger partial charge >= 0.3 is 0 Å². The van der Waals surface area contributed by atoms with Crippen LogP contribution in [0.1, 0.15) is 23.8 Å². The van der Waals surface area contributed by atoms with E-state index in [4.69, 9.17) is 0 Å². The molecule has 2 aromatic heterocycles. The van der Waals surface area contributed by atoms with Gasteiger partial charge in [0.25, 0.3) is 0 Å². The van der Waals surface area contributed by atoms with Crippen LogP contribution in [0.15, 0.2) is 22.6 Å². The average molecular weight is 335 g/mol. The van der Waals surface area contributed by atoms with Gasteiger partial charge in [0, 0.05) is 35.8 Å². The predicted octanol–water partition coefficient (Wildman–Crippen LogP) is 3.13. The fraction of sp³-hybridized carbons (Fsp3) is 0.500. The summed E-state index contributed by atoms with van der Waals surface area (Å²) in [4.78, 5) is 21.9. The third-order valence-electron chi connectivity index (χ3n) is 3.84. The summed E-state index contributed by atoms with van der Waals surface area (Å²) in [5.74, 6) is 1.02. The number of aromatic nitrogens is 2. The highest BCUT2D eigenvalue weighted by Crippen LogP contribution is 2.30. The number of thioether (sulfide) groups is 1. The zero-order valence-corrected chi connectivity index (χ0v) is 14.7. The molecule has 0 aromatic carbocycles. The van der Waals surface area contributed by atoms with E-state index in [-0.39, 0.29) is 5.43 Å². The molecule has 0 saturated heterocycles. The molecule has 22 heavy (non-hydrogen) atoms. The normalized spacial score (nSPS) is 15.2. The Hall–Kier alpha value is -1.11. The molecule has 0 bridgehead atoms. The number of rotatable bonds is 5. The Morgan fingerprint density at radius 3 is 3.05 bits per heavy atom. The number of hydrogen-bond donors (Lipinski definition) is 0. The Kier molecular flexibility index (Phi) is 4.70. The van der Waals surface area contributed by atoms with Crippen molar-refractivity contribution >= 4 is 33.4 Å². The van der Waals surface area contributed by atoms with Crippen LogP contribution in [0.5, 0.6) is 0 Å². The number of fused-ring (bicyclic) bond motifs is 2. The van der Waals surface area contributed by atoms with Gasteiger partial charge in [0.15, 0.2) is 5.16 Å². The molecular weight excluding hydrogens is 314 g/mol. The Balaban J connectivity index is 2.19. The van der Waals surface area contributed by atoms with Gasteiger partial charge in [-0.2, -0.15) is 0 Å². The third-order valence-corrected chi connectivity index (χ3v) is 6.25. The number of likely N-dealkylation sites (N-methyl/N-ethyl adjacent to an activating group) is 1. The molecule has 0 spiro atoms. The number of imidazole rings is 1. The van der Waals surface area contributed by atoms with Crippen molar-refractivity contribution in [3.05, 3.63) is 33.3 Å². The van der Waals surface area contributed by atoms with Crippen molar-refractivity contribution < 1.29 is 0 Å². The van der Waals surface area contributed by atoms with Gasteiger partial charge in [-0.25, -0.2) is 4.98 Å². The smallest absolute Gasteiger partial charge is 0.211 e. The van der Waals surface area contributed by atoms with E-state index in [1.165, 1.54) is 4.88 Å². The van der Waals surface area contributed by atoms with Crippen LogP contribution in [0.2, 0.25) is 0 Å². The summed E-state index contributed by atoms with van der Waals surface area (Å²) in [6.45, 7) is 8.52. The van der Waals surface area contributed by atoms with E-state index < -0.39 is 0 Å². The monoisotopic (exact) mass is 335 g/mol. The Bertz CT molecular complexity index is 763. The zero-order valence-electron chi connectivity index (χ0n) is 13.1. The molecule has 0 N–H and O–H groups in total. The number of allylic oxidation sites excluding steroid dienone is 1. The lowest BCUT2D eigenvalue weighted by atomic mass is 10.1. The minimum absolute atomic E-state index is 0.137. The first kappa shape index (κ1) is 15.8. The number of nitrogens with zero attached hydrogens (tertiary/aromatic N) is 3.